The monoisotopic (exact) mass is 1740 g/mol. The van der Waals surface area contributed by atoms with E-state index < -0.39 is 0 Å². The first-order valence-corrected chi connectivity index (χ1v) is 47.8. The van der Waals surface area contributed by atoms with E-state index >= 15 is 0 Å². The van der Waals surface area contributed by atoms with Crippen LogP contribution in [0.25, 0.3) is 306 Å². The summed E-state index contributed by atoms with van der Waals surface area (Å²) in [6.07, 6.45) is 0. The molecule has 4 nitrogen and oxygen atoms in total. The van der Waals surface area contributed by atoms with Crippen molar-refractivity contribution in [2.75, 3.05) is 0 Å². The van der Waals surface area contributed by atoms with Crippen LogP contribution in [0, 0.1) is 0 Å². The topological polar surface area (TPSA) is 35.6 Å². The fourth-order valence-electron chi connectivity index (χ4n) is 23.8. The first-order valence-electron chi connectivity index (χ1n) is 47.8. The number of para-hydroxylation sites is 4. The van der Waals surface area contributed by atoms with Gasteiger partial charge >= 0.3 is 0 Å². The van der Waals surface area contributed by atoms with Crippen LogP contribution in [0.2, 0.25) is 0 Å². The molecule has 634 valence electrons. The van der Waals surface area contributed by atoms with Gasteiger partial charge in [0.25, 0.3) is 0 Å². The molecule has 30 aromatic rings. The quantitative estimate of drug-likeness (QED) is 0.107. The summed E-state index contributed by atoms with van der Waals surface area (Å²) in [5, 5.41) is 44.3. The maximum absolute atomic E-state index is 5.37. The zero-order valence-corrected chi connectivity index (χ0v) is 74.8. The van der Waals surface area contributed by atoms with Crippen molar-refractivity contribution in [3.8, 4) is 89.8 Å². The van der Waals surface area contributed by atoms with Gasteiger partial charge in [-0.25, -0.2) is 9.97 Å². The molecule has 0 N–H and O–H groups in total. The molecule has 0 radical (unpaired) electrons. The minimum atomic E-state index is 0.914. The zero-order chi connectivity index (χ0) is 90.1. The summed E-state index contributed by atoms with van der Waals surface area (Å²) in [7, 11) is 0. The van der Waals surface area contributed by atoms with Gasteiger partial charge in [0.1, 0.15) is 11.6 Å². The highest BCUT2D eigenvalue weighted by Crippen LogP contribution is 2.49. The Labute approximate surface area is 792 Å². The van der Waals surface area contributed by atoms with E-state index in [2.05, 4.69) is 482 Å². The molecule has 30 rings (SSSR count). The van der Waals surface area contributed by atoms with E-state index in [1.54, 1.807) is 0 Å². The van der Waals surface area contributed by atoms with Gasteiger partial charge in [0.15, 0.2) is 0 Å². The Morgan fingerprint density at radius 1 is 0.123 bits per heavy atom. The highest BCUT2D eigenvalue weighted by Gasteiger charge is 2.25. The summed E-state index contributed by atoms with van der Waals surface area (Å²) in [6.45, 7) is 0. The van der Waals surface area contributed by atoms with Crippen molar-refractivity contribution in [3.05, 3.63) is 473 Å². The van der Waals surface area contributed by atoms with E-state index in [1.165, 1.54) is 238 Å². The summed E-state index contributed by atoms with van der Waals surface area (Å²) in [6, 6.07) is 177. The Morgan fingerprint density at radius 2 is 0.341 bits per heavy atom. The predicted octanol–water partition coefficient (Wildman–Crippen LogP) is 36.8. The second kappa shape index (κ2) is 29.6. The lowest BCUT2D eigenvalue weighted by Crippen LogP contribution is -1.99. The Balaban J connectivity index is 0.449. The third-order valence-corrected chi connectivity index (χ3v) is 30.3. The summed E-state index contributed by atoms with van der Waals surface area (Å²) >= 11 is 0. The molecule has 2 aromatic heterocycles. The summed E-state index contributed by atoms with van der Waals surface area (Å²) in [5.74, 6) is 1.83. The lowest BCUT2D eigenvalue weighted by molar-refractivity contribution is 1.12. The number of rotatable bonds is 9. The first-order chi connectivity index (χ1) is 68.4. The van der Waals surface area contributed by atoms with Crippen molar-refractivity contribution in [2.45, 2.75) is 0 Å². The van der Waals surface area contributed by atoms with Crippen LogP contribution < -0.4 is 0 Å². The summed E-state index contributed by atoms with van der Waals surface area (Å²) in [5.41, 5.74) is 20.5. The standard InChI is InChI=1S/C134H78N4/c1-3-21-85-69-119-91(67-83(85)19-1)59-65-115-109(119)39-17-45-129(115)137-131-43-7-5-41-127(131)135-133(137)81-51-47-79(48-52-81)97-27-9-23-87-71-123-93(75-117(87)97)55-63-113-101(33-15-37-107(113)123)103-29-11-25-89-73-125-95(77-121(89)103)57-61-111-99(31-13-35-105(111)125)100-32-14-36-106-112(100)62-58-96-78-122-90(74-126(96)106)26-12-30-104(122)102-34-16-38-108-114(102)64-56-94-76-118-88(72-124(94)108)24-10-28-98(118)80-49-53-82(54-50-80)134-136-128-42-6-8-44-132(128)138(134)130-46-18-40-110-116(130)66-60-92-68-84-20-2-4-22-86(84)70-120(92)110/h1-78H. The van der Waals surface area contributed by atoms with Crippen molar-refractivity contribution < 1.29 is 0 Å². The smallest absolute Gasteiger partial charge is 0.145 e. The molecular weight excluding hydrogens is 1670 g/mol. The Kier molecular flexibility index (Phi) is 16.4. The summed E-state index contributed by atoms with van der Waals surface area (Å²) < 4.78 is 4.72. The van der Waals surface area contributed by atoms with Crippen LogP contribution in [-0.4, -0.2) is 19.1 Å². The van der Waals surface area contributed by atoms with Crippen molar-refractivity contribution >= 4 is 216 Å². The van der Waals surface area contributed by atoms with Gasteiger partial charge in [-0.2, -0.15) is 0 Å². The van der Waals surface area contributed by atoms with Crippen molar-refractivity contribution in [1.29, 1.82) is 0 Å². The minimum Gasteiger partial charge on any atom is -0.292 e. The van der Waals surface area contributed by atoms with Crippen LogP contribution in [0.1, 0.15) is 0 Å². The molecule has 0 saturated carbocycles. The molecular formula is C134H78N4. The molecule has 2 heterocycles. The first kappa shape index (κ1) is 76.3. The zero-order valence-electron chi connectivity index (χ0n) is 74.8. The maximum Gasteiger partial charge on any atom is 0.145 e. The van der Waals surface area contributed by atoms with Crippen LogP contribution in [-0.2, 0) is 0 Å². The molecule has 0 aliphatic carbocycles. The summed E-state index contributed by atoms with van der Waals surface area (Å²) in [4.78, 5) is 10.7. The predicted molar refractivity (Wildman–Crippen MR) is 589 cm³/mol. The molecule has 0 aliphatic heterocycles. The minimum absolute atomic E-state index is 0.914. The van der Waals surface area contributed by atoms with Crippen molar-refractivity contribution in [3.63, 3.8) is 0 Å². The SMILES string of the molecule is c1ccc2cc3c(ccc4c(-n5c(-c6ccc(-c7cccc8cc9c(ccc%10c(-c%11cccc%12cc%13c(ccc%14c(-c%15cccc%16c%15ccc%15cc%17c(-c%18cccc%19c%18ccc%18cc%20c(-c%21ccc(-c%22nc%23ccccc%23n%22-c%22cccc%23c%22ccc%22cc%24ccccc%24cc%22%23)cc%21)cccc%20cc%18%19)cccc%17cc%15%16)cccc%14%13)cc%11%12)cccc%109)cc78)cc6)nc6ccccc65)cccc43)cc2c1. The number of hydrogen-bond donors (Lipinski definition) is 0. The average molecular weight is 1740 g/mol. The van der Waals surface area contributed by atoms with Gasteiger partial charge in [-0.1, -0.05) is 364 Å². The number of hydrogen-bond acceptors (Lipinski definition) is 2. The van der Waals surface area contributed by atoms with Gasteiger partial charge < -0.3 is 0 Å². The molecule has 4 heteroatoms. The van der Waals surface area contributed by atoms with Crippen LogP contribution in [0.3, 0.4) is 0 Å². The van der Waals surface area contributed by atoms with E-state index in [0.29, 0.717) is 0 Å². The highest BCUT2D eigenvalue weighted by molar-refractivity contribution is 6.26. The Morgan fingerprint density at radius 3 is 0.674 bits per heavy atom. The van der Waals surface area contributed by atoms with Gasteiger partial charge in [-0.15, -0.1) is 0 Å². The van der Waals surface area contributed by atoms with E-state index in [0.717, 1.165) is 67.3 Å². The van der Waals surface area contributed by atoms with E-state index in [1.807, 2.05) is 0 Å². The number of fused-ring (bicyclic) bond motifs is 26. The number of nitrogens with zero attached hydrogens (tertiary/aromatic N) is 4. The highest BCUT2D eigenvalue weighted by atomic mass is 15.1. The van der Waals surface area contributed by atoms with Crippen LogP contribution in [0.5, 0.6) is 0 Å². The second-order valence-electron chi connectivity index (χ2n) is 37.7. The average Bonchev–Trinajstić information content (AvgIpc) is 1.25. The third-order valence-electron chi connectivity index (χ3n) is 30.3. The van der Waals surface area contributed by atoms with Gasteiger partial charge in [0.05, 0.1) is 33.4 Å². The molecule has 0 fully saturated rings. The number of imidazole rings is 2. The van der Waals surface area contributed by atoms with Crippen molar-refractivity contribution in [2.24, 2.45) is 0 Å². The fourth-order valence-corrected chi connectivity index (χ4v) is 23.8. The lowest BCUT2D eigenvalue weighted by atomic mass is 9.87. The van der Waals surface area contributed by atoms with Gasteiger partial charge in [-0.05, 0) is 348 Å². The van der Waals surface area contributed by atoms with E-state index in [9.17, 15) is 0 Å². The number of benzene rings is 28. The molecule has 28 aromatic carbocycles. The Hall–Kier alpha value is -18.2. The maximum atomic E-state index is 5.37. The van der Waals surface area contributed by atoms with Crippen LogP contribution in [0.4, 0.5) is 0 Å². The van der Waals surface area contributed by atoms with Gasteiger partial charge in [0.2, 0.25) is 0 Å². The second-order valence-corrected chi connectivity index (χ2v) is 37.7. The number of aromatic nitrogens is 4. The molecule has 0 amide bonds. The largest absolute Gasteiger partial charge is 0.292 e. The van der Waals surface area contributed by atoms with Gasteiger partial charge in [-0.3, -0.25) is 9.13 Å². The fraction of sp³-hybridized carbons (Fsp3) is 0. The van der Waals surface area contributed by atoms with Crippen LogP contribution in [0.15, 0.2) is 473 Å². The normalized spacial score (nSPS) is 12.2. The molecule has 0 aliphatic rings. The van der Waals surface area contributed by atoms with Crippen molar-refractivity contribution in [1.82, 2.24) is 19.1 Å². The van der Waals surface area contributed by atoms with E-state index in [-0.39, 0.29) is 0 Å². The van der Waals surface area contributed by atoms with E-state index in [4.69, 9.17) is 9.97 Å². The molecule has 0 bridgehead atoms. The van der Waals surface area contributed by atoms with Crippen LogP contribution >= 0.6 is 0 Å². The Bertz CT molecular complexity index is 10000. The molecule has 0 spiro atoms. The molecule has 0 saturated heterocycles. The third kappa shape index (κ3) is 11.6. The molecule has 0 atom stereocenters. The molecule has 0 unspecified atom stereocenters. The molecule has 138 heavy (non-hydrogen) atoms. The lowest BCUT2D eigenvalue weighted by Gasteiger charge is -2.16. The van der Waals surface area contributed by atoms with Gasteiger partial charge in [0, 0.05) is 21.9 Å².